The van der Waals surface area contributed by atoms with Gasteiger partial charge in [-0.05, 0) is 32.6 Å². The Labute approximate surface area is 58.3 Å². The molecule has 9 heavy (non-hydrogen) atoms. The van der Waals surface area contributed by atoms with Crippen LogP contribution >= 0.6 is 0 Å². The van der Waals surface area contributed by atoms with E-state index in [1.165, 1.54) is 0 Å². The van der Waals surface area contributed by atoms with E-state index in [9.17, 15) is 0 Å². The molecule has 50 valence electrons. The third kappa shape index (κ3) is 7.48. The van der Waals surface area contributed by atoms with E-state index in [4.69, 9.17) is 0 Å². The van der Waals surface area contributed by atoms with Crippen molar-refractivity contribution in [1.29, 1.82) is 0 Å². The first-order chi connectivity index (χ1) is 4.41. The largest absolute Gasteiger partial charge is 0.103 e. The highest BCUT2D eigenvalue weighted by Gasteiger charge is 1.77. The molecule has 0 aromatic carbocycles. The van der Waals surface area contributed by atoms with Gasteiger partial charge in [-0.1, -0.05) is 18.2 Å². The van der Waals surface area contributed by atoms with Gasteiger partial charge in [-0.2, -0.15) is 0 Å². The summed E-state index contributed by atoms with van der Waals surface area (Å²) in [5.74, 6) is 0. The lowest BCUT2D eigenvalue weighted by molar-refractivity contribution is 1.10. The van der Waals surface area contributed by atoms with Gasteiger partial charge in [0.25, 0.3) is 0 Å². The zero-order valence-electron chi connectivity index (χ0n) is 5.84. The van der Waals surface area contributed by atoms with Crippen molar-refractivity contribution in [2.45, 2.75) is 19.3 Å². The molecule has 0 aliphatic heterocycles. The Morgan fingerprint density at radius 2 is 1.89 bits per heavy atom. The molecule has 0 bridgehead atoms. The Morgan fingerprint density at radius 3 is 2.44 bits per heavy atom. The van der Waals surface area contributed by atoms with Gasteiger partial charge in [0.15, 0.2) is 0 Å². The molecule has 0 heteroatoms. The van der Waals surface area contributed by atoms with E-state index in [-0.39, 0.29) is 0 Å². The lowest BCUT2D eigenvalue weighted by Crippen LogP contribution is -1.68. The van der Waals surface area contributed by atoms with Crippen molar-refractivity contribution in [3.8, 4) is 0 Å². The normalized spacial score (nSPS) is 10.3. The van der Waals surface area contributed by atoms with E-state index in [2.05, 4.69) is 32.1 Å². The maximum atomic E-state index is 3.68. The maximum Gasteiger partial charge on any atom is -0.0311 e. The van der Waals surface area contributed by atoms with Crippen LogP contribution in [0.15, 0.2) is 24.8 Å². The van der Waals surface area contributed by atoms with Crippen molar-refractivity contribution in [3.05, 3.63) is 38.2 Å². The summed E-state index contributed by atoms with van der Waals surface area (Å²) in [4.78, 5) is 0. The van der Waals surface area contributed by atoms with E-state index in [0.29, 0.717) is 0 Å². The van der Waals surface area contributed by atoms with Gasteiger partial charge in [-0.3, -0.25) is 0 Å². The average molecular weight is 122 g/mol. The smallest absolute Gasteiger partial charge is 0.0311 e. The molecular weight excluding hydrogens is 108 g/mol. The third-order valence-corrected chi connectivity index (χ3v) is 0.969. The van der Waals surface area contributed by atoms with E-state index >= 15 is 0 Å². The summed E-state index contributed by atoms with van der Waals surface area (Å²) in [6.45, 7) is 7.29. The first-order valence-electron chi connectivity index (χ1n) is 3.28. The van der Waals surface area contributed by atoms with Crippen molar-refractivity contribution < 1.29 is 0 Å². The Balaban J connectivity index is 2.90. The molecule has 0 atom stereocenters. The minimum Gasteiger partial charge on any atom is -0.103 e. The molecule has 0 aliphatic rings. The fourth-order valence-corrected chi connectivity index (χ4v) is 0.524. The molecule has 0 N–H and O–H groups in total. The molecule has 0 aliphatic carbocycles. The van der Waals surface area contributed by atoms with Crippen molar-refractivity contribution in [3.63, 3.8) is 0 Å². The minimum absolute atomic E-state index is 0.891. The van der Waals surface area contributed by atoms with E-state index in [1.54, 1.807) is 0 Å². The third-order valence-electron chi connectivity index (χ3n) is 0.969. The molecular formula is C9H14. The summed E-state index contributed by atoms with van der Waals surface area (Å²) in [6.07, 6.45) is 11.2. The maximum absolute atomic E-state index is 3.68. The van der Waals surface area contributed by atoms with Gasteiger partial charge in [0.05, 0.1) is 0 Å². The molecule has 0 spiro atoms. The van der Waals surface area contributed by atoms with Gasteiger partial charge in [-0.25, -0.2) is 0 Å². The van der Waals surface area contributed by atoms with Gasteiger partial charge in [0.2, 0.25) is 0 Å². The Bertz CT molecular complexity index is 80.0. The van der Waals surface area contributed by atoms with Crippen molar-refractivity contribution in [1.82, 2.24) is 0 Å². The second-order valence-corrected chi connectivity index (χ2v) is 1.81. The Morgan fingerprint density at radius 1 is 1.11 bits per heavy atom. The topological polar surface area (TPSA) is 0 Å². The van der Waals surface area contributed by atoms with Crippen LogP contribution in [0.4, 0.5) is 0 Å². The molecule has 0 aromatic rings. The number of unbranched alkanes of at least 4 members (excludes halogenated alkanes) is 2. The van der Waals surface area contributed by atoms with E-state index in [0.717, 1.165) is 19.3 Å². The lowest BCUT2D eigenvalue weighted by atomic mass is 10.2. The summed E-state index contributed by atoms with van der Waals surface area (Å²) in [6, 6.07) is 0. The molecule has 2 radical (unpaired) electrons. The SMILES string of the molecule is [CH2]CC=CC[CH]CC=C. The van der Waals surface area contributed by atoms with Gasteiger partial charge < -0.3 is 0 Å². The predicted molar refractivity (Wildman–Crippen MR) is 42.8 cm³/mol. The highest BCUT2D eigenvalue weighted by Crippen LogP contribution is 1.95. The van der Waals surface area contributed by atoms with Crippen LogP contribution in [0.5, 0.6) is 0 Å². The second kappa shape index (κ2) is 7.48. The zero-order chi connectivity index (χ0) is 6.95. The molecule has 0 heterocycles. The van der Waals surface area contributed by atoms with Crippen molar-refractivity contribution in [2.75, 3.05) is 0 Å². The van der Waals surface area contributed by atoms with Gasteiger partial charge >= 0.3 is 0 Å². The van der Waals surface area contributed by atoms with Crippen LogP contribution in [-0.4, -0.2) is 0 Å². The number of hydrogen-bond acceptors (Lipinski definition) is 0. The number of allylic oxidation sites excluding steroid dienone is 3. The summed E-state index contributed by atoms with van der Waals surface area (Å²) in [7, 11) is 0. The van der Waals surface area contributed by atoms with Gasteiger partial charge in [0, 0.05) is 0 Å². The molecule has 0 nitrogen and oxygen atoms in total. The number of hydrogen-bond donors (Lipinski definition) is 0. The molecule has 0 saturated carbocycles. The summed E-state index contributed by atoms with van der Waals surface area (Å²) in [5, 5.41) is 0. The molecule has 0 saturated heterocycles. The Kier molecular flexibility index (Phi) is 7.05. The standard InChI is InChI=1S/C9H14/c1-3-5-7-9-8-6-4-2/h3,6-8H,1-2,4-5,9H2. The van der Waals surface area contributed by atoms with Crippen LogP contribution in [0.3, 0.4) is 0 Å². The monoisotopic (exact) mass is 122 g/mol. The average Bonchev–Trinajstić information content (AvgIpc) is 1.89. The fraction of sp³-hybridized carbons (Fsp3) is 0.333. The minimum atomic E-state index is 0.891. The first kappa shape index (κ1) is 8.48. The molecule has 0 aromatic heterocycles. The van der Waals surface area contributed by atoms with Gasteiger partial charge in [0.1, 0.15) is 0 Å². The number of rotatable bonds is 5. The van der Waals surface area contributed by atoms with Crippen LogP contribution in [0.1, 0.15) is 19.3 Å². The lowest BCUT2D eigenvalue weighted by Gasteiger charge is -1.86. The predicted octanol–water partition coefficient (Wildman–Crippen LogP) is 2.94. The van der Waals surface area contributed by atoms with E-state index < -0.39 is 0 Å². The first-order valence-corrected chi connectivity index (χ1v) is 3.28. The zero-order valence-corrected chi connectivity index (χ0v) is 5.84. The Hall–Kier alpha value is -0.520. The van der Waals surface area contributed by atoms with Crippen LogP contribution in [0.25, 0.3) is 0 Å². The summed E-state index contributed by atoms with van der Waals surface area (Å²) >= 11 is 0. The van der Waals surface area contributed by atoms with Crippen LogP contribution in [0, 0.1) is 13.3 Å². The fourth-order valence-electron chi connectivity index (χ4n) is 0.524. The van der Waals surface area contributed by atoms with Gasteiger partial charge in [-0.15, -0.1) is 6.58 Å². The molecule has 0 amide bonds. The summed E-state index contributed by atoms with van der Waals surface area (Å²) in [5.41, 5.74) is 0. The van der Waals surface area contributed by atoms with Crippen LogP contribution < -0.4 is 0 Å². The second-order valence-electron chi connectivity index (χ2n) is 1.81. The van der Waals surface area contributed by atoms with E-state index in [1.807, 2.05) is 6.08 Å². The summed E-state index contributed by atoms with van der Waals surface area (Å²) < 4.78 is 0. The molecule has 0 fully saturated rings. The van der Waals surface area contributed by atoms with Crippen LogP contribution in [-0.2, 0) is 0 Å². The molecule has 0 unspecified atom stereocenters. The van der Waals surface area contributed by atoms with Crippen LogP contribution in [0.2, 0.25) is 0 Å². The quantitative estimate of drug-likeness (QED) is 0.388. The highest BCUT2D eigenvalue weighted by atomic mass is 13.8. The highest BCUT2D eigenvalue weighted by molar-refractivity contribution is 4.89. The molecule has 0 rings (SSSR count). The van der Waals surface area contributed by atoms with Crippen molar-refractivity contribution in [2.24, 2.45) is 0 Å². The van der Waals surface area contributed by atoms with Crippen molar-refractivity contribution >= 4 is 0 Å².